The van der Waals surface area contributed by atoms with Crippen molar-refractivity contribution in [1.82, 2.24) is 10.6 Å². The highest BCUT2D eigenvalue weighted by Gasteiger charge is 2.19. The molecular weight excluding hydrogens is 380 g/mol. The average Bonchev–Trinajstić information content (AvgIpc) is 2.73. The maximum atomic E-state index is 12.7. The lowest BCUT2D eigenvalue weighted by Gasteiger charge is -2.17. The Balaban J connectivity index is 1.93. The molecule has 0 aliphatic heterocycles. The van der Waals surface area contributed by atoms with Gasteiger partial charge in [-0.2, -0.15) is 0 Å². The monoisotopic (exact) mass is 410 g/mol. The van der Waals surface area contributed by atoms with Crippen molar-refractivity contribution in [3.05, 3.63) is 71.3 Å². The fourth-order valence-electron chi connectivity index (χ4n) is 3.27. The number of carbonyl (C=O) groups excluding carboxylic acids is 3. The minimum atomic E-state index is -0.716. The number of Topliss-reactive ketones (excluding diaryl/α,β-unsaturated/α-hetero) is 1. The minimum absolute atomic E-state index is 0.0546. The zero-order valence-corrected chi connectivity index (χ0v) is 17.6. The van der Waals surface area contributed by atoms with Crippen molar-refractivity contribution >= 4 is 17.6 Å². The molecule has 0 aliphatic carbocycles. The van der Waals surface area contributed by atoms with Gasteiger partial charge in [0.2, 0.25) is 11.8 Å². The first-order valence-corrected chi connectivity index (χ1v) is 10.2. The van der Waals surface area contributed by atoms with E-state index in [2.05, 4.69) is 10.6 Å². The number of amides is 2. The standard InChI is InChI=1S/C24H30N2O4/c1-17(27)25-15-7-6-10-22(26-18(2)28)23(29)16-19-11-13-21(14-12-19)24(30)20-8-4-3-5-9-20/h3-5,8-9,11-14,22,24,30H,6-7,10,15-16H2,1-2H3,(H,25,27)(H,26,28). The molecule has 3 N–H and O–H groups in total. The maximum Gasteiger partial charge on any atom is 0.217 e. The number of rotatable bonds is 11. The minimum Gasteiger partial charge on any atom is -0.384 e. The van der Waals surface area contributed by atoms with Crippen LogP contribution in [0, 0.1) is 0 Å². The number of carbonyl (C=O) groups is 3. The Morgan fingerprint density at radius 2 is 1.50 bits per heavy atom. The Hall–Kier alpha value is -2.99. The van der Waals surface area contributed by atoms with Crippen LogP contribution in [0.3, 0.4) is 0 Å². The number of aliphatic hydroxyl groups is 1. The summed E-state index contributed by atoms with van der Waals surface area (Å²) < 4.78 is 0. The fourth-order valence-corrected chi connectivity index (χ4v) is 3.27. The summed E-state index contributed by atoms with van der Waals surface area (Å²) in [6.45, 7) is 3.42. The van der Waals surface area contributed by atoms with Crippen LogP contribution >= 0.6 is 0 Å². The van der Waals surface area contributed by atoms with E-state index in [4.69, 9.17) is 0 Å². The molecule has 30 heavy (non-hydrogen) atoms. The molecule has 2 aromatic rings. The van der Waals surface area contributed by atoms with Crippen molar-refractivity contribution in [3.8, 4) is 0 Å². The van der Waals surface area contributed by atoms with Crippen LogP contribution in [-0.4, -0.2) is 35.3 Å². The van der Waals surface area contributed by atoms with Gasteiger partial charge in [0, 0.05) is 26.8 Å². The molecule has 2 rings (SSSR count). The number of unbranched alkanes of at least 4 members (excludes halogenated alkanes) is 1. The van der Waals surface area contributed by atoms with E-state index < -0.39 is 12.1 Å². The van der Waals surface area contributed by atoms with Crippen LogP contribution < -0.4 is 10.6 Å². The van der Waals surface area contributed by atoms with E-state index in [1.165, 1.54) is 13.8 Å². The first-order chi connectivity index (χ1) is 14.4. The first kappa shape index (κ1) is 23.3. The summed E-state index contributed by atoms with van der Waals surface area (Å²) in [6.07, 6.45) is 1.49. The van der Waals surface area contributed by atoms with Gasteiger partial charge in [0.05, 0.1) is 6.04 Å². The molecule has 0 spiro atoms. The lowest BCUT2D eigenvalue weighted by atomic mass is 9.96. The fraction of sp³-hybridized carbons (Fsp3) is 0.375. The number of aliphatic hydroxyl groups excluding tert-OH is 1. The third-order valence-corrected chi connectivity index (χ3v) is 4.85. The number of hydrogen-bond acceptors (Lipinski definition) is 4. The highest BCUT2D eigenvalue weighted by Crippen LogP contribution is 2.22. The molecule has 0 bridgehead atoms. The molecule has 2 unspecified atom stereocenters. The van der Waals surface area contributed by atoms with Crippen LogP contribution in [0.1, 0.15) is 55.9 Å². The normalized spacial score (nSPS) is 12.6. The van der Waals surface area contributed by atoms with Crippen molar-refractivity contribution in [2.24, 2.45) is 0 Å². The Labute approximate surface area is 177 Å². The lowest BCUT2D eigenvalue weighted by molar-refractivity contribution is -0.126. The van der Waals surface area contributed by atoms with E-state index in [0.29, 0.717) is 13.0 Å². The van der Waals surface area contributed by atoms with Gasteiger partial charge in [-0.15, -0.1) is 0 Å². The van der Waals surface area contributed by atoms with Crippen molar-refractivity contribution in [2.45, 2.75) is 51.7 Å². The van der Waals surface area contributed by atoms with Crippen molar-refractivity contribution in [1.29, 1.82) is 0 Å². The SMILES string of the molecule is CC(=O)NCCCCC(NC(C)=O)C(=O)Cc1ccc(C(O)c2ccccc2)cc1. The topological polar surface area (TPSA) is 95.5 Å². The Bertz CT molecular complexity index is 834. The largest absolute Gasteiger partial charge is 0.384 e. The predicted octanol–water partition coefficient (Wildman–Crippen LogP) is 2.69. The summed E-state index contributed by atoms with van der Waals surface area (Å²) >= 11 is 0. The summed E-state index contributed by atoms with van der Waals surface area (Å²) in [5.74, 6) is -0.372. The van der Waals surface area contributed by atoms with Gasteiger partial charge < -0.3 is 15.7 Å². The molecular formula is C24H30N2O4. The molecule has 0 saturated heterocycles. The molecule has 0 aromatic heterocycles. The van der Waals surface area contributed by atoms with Crippen molar-refractivity contribution < 1.29 is 19.5 Å². The number of nitrogens with one attached hydrogen (secondary N) is 2. The molecule has 6 nitrogen and oxygen atoms in total. The van der Waals surface area contributed by atoms with E-state index >= 15 is 0 Å². The summed E-state index contributed by atoms with van der Waals surface area (Å²) in [7, 11) is 0. The summed E-state index contributed by atoms with van der Waals surface area (Å²) in [5, 5.41) is 15.9. The Kier molecular flexibility index (Phi) is 9.22. The van der Waals surface area contributed by atoms with E-state index in [-0.39, 0.29) is 24.0 Å². The smallest absolute Gasteiger partial charge is 0.217 e. The first-order valence-electron chi connectivity index (χ1n) is 10.2. The zero-order chi connectivity index (χ0) is 21.9. The molecule has 2 aromatic carbocycles. The van der Waals surface area contributed by atoms with E-state index in [0.717, 1.165) is 29.5 Å². The van der Waals surface area contributed by atoms with E-state index in [1.54, 1.807) is 0 Å². The molecule has 2 atom stereocenters. The third kappa shape index (κ3) is 7.79. The quantitative estimate of drug-likeness (QED) is 0.496. The van der Waals surface area contributed by atoms with Crippen LogP contribution in [0.15, 0.2) is 54.6 Å². The van der Waals surface area contributed by atoms with Gasteiger partial charge in [0.15, 0.2) is 5.78 Å². The van der Waals surface area contributed by atoms with Crippen LogP contribution in [0.5, 0.6) is 0 Å². The predicted molar refractivity (Wildman–Crippen MR) is 116 cm³/mol. The van der Waals surface area contributed by atoms with Gasteiger partial charge in [-0.25, -0.2) is 0 Å². The molecule has 160 valence electrons. The van der Waals surface area contributed by atoms with Crippen LogP contribution in [-0.2, 0) is 20.8 Å². The summed E-state index contributed by atoms with van der Waals surface area (Å²) in [4.78, 5) is 35.1. The summed E-state index contributed by atoms with van der Waals surface area (Å²) in [5.41, 5.74) is 2.40. The average molecular weight is 411 g/mol. The van der Waals surface area contributed by atoms with Crippen molar-refractivity contribution in [3.63, 3.8) is 0 Å². The second kappa shape index (κ2) is 11.9. The molecule has 0 saturated carbocycles. The second-order valence-corrected chi connectivity index (χ2v) is 7.43. The number of benzene rings is 2. The lowest BCUT2D eigenvalue weighted by Crippen LogP contribution is -2.40. The molecule has 0 radical (unpaired) electrons. The molecule has 2 amide bonds. The summed E-state index contributed by atoms with van der Waals surface area (Å²) in [6, 6.07) is 16.2. The maximum absolute atomic E-state index is 12.7. The van der Waals surface area contributed by atoms with E-state index in [1.807, 2.05) is 54.6 Å². The third-order valence-electron chi connectivity index (χ3n) is 4.85. The van der Waals surface area contributed by atoms with Gasteiger partial charge in [-0.1, -0.05) is 54.6 Å². The van der Waals surface area contributed by atoms with Gasteiger partial charge in [0.1, 0.15) is 6.10 Å². The van der Waals surface area contributed by atoms with E-state index in [9.17, 15) is 19.5 Å². The van der Waals surface area contributed by atoms with Crippen LogP contribution in [0.4, 0.5) is 0 Å². The highest BCUT2D eigenvalue weighted by molar-refractivity contribution is 5.89. The van der Waals surface area contributed by atoms with Crippen LogP contribution in [0.25, 0.3) is 0 Å². The number of hydrogen-bond donors (Lipinski definition) is 3. The van der Waals surface area contributed by atoms with Gasteiger partial charge in [-0.05, 0) is 36.0 Å². The Morgan fingerprint density at radius 3 is 2.10 bits per heavy atom. The van der Waals surface area contributed by atoms with Gasteiger partial charge in [0.25, 0.3) is 0 Å². The highest BCUT2D eigenvalue weighted by atomic mass is 16.3. The number of ketones is 1. The zero-order valence-electron chi connectivity index (χ0n) is 17.6. The second-order valence-electron chi connectivity index (χ2n) is 7.43. The van der Waals surface area contributed by atoms with Gasteiger partial charge in [-0.3, -0.25) is 14.4 Å². The van der Waals surface area contributed by atoms with Gasteiger partial charge >= 0.3 is 0 Å². The molecule has 0 aliphatic rings. The molecule has 0 fully saturated rings. The van der Waals surface area contributed by atoms with Crippen molar-refractivity contribution in [2.75, 3.05) is 6.54 Å². The Morgan fingerprint density at radius 1 is 0.867 bits per heavy atom. The van der Waals surface area contributed by atoms with Crippen LogP contribution in [0.2, 0.25) is 0 Å². The molecule has 6 heteroatoms. The molecule has 0 heterocycles.